The van der Waals surface area contributed by atoms with E-state index in [0.717, 1.165) is 17.2 Å². The Labute approximate surface area is 146 Å². The first kappa shape index (κ1) is 18.7. The van der Waals surface area contributed by atoms with E-state index in [1.807, 2.05) is 43.4 Å². The van der Waals surface area contributed by atoms with Gasteiger partial charge < -0.3 is 18.8 Å². The summed E-state index contributed by atoms with van der Waals surface area (Å²) in [5.41, 5.74) is 1.68. The summed E-state index contributed by atoms with van der Waals surface area (Å²) in [7, 11) is -4.40. The van der Waals surface area contributed by atoms with Crippen molar-refractivity contribution >= 4 is 16.9 Å². The second kappa shape index (κ2) is 7.52. The van der Waals surface area contributed by atoms with E-state index >= 15 is 0 Å². The van der Waals surface area contributed by atoms with Gasteiger partial charge in [0.1, 0.15) is 11.5 Å². The van der Waals surface area contributed by atoms with Gasteiger partial charge in [0.05, 0.1) is 6.61 Å². The molecule has 0 unspecified atom stereocenters. The van der Waals surface area contributed by atoms with Gasteiger partial charge in [-0.3, -0.25) is 0 Å². The highest BCUT2D eigenvalue weighted by molar-refractivity contribution is 6.81. The van der Waals surface area contributed by atoms with Crippen LogP contribution in [0.3, 0.4) is 0 Å². The molecule has 2 rings (SSSR count). The highest BCUT2D eigenvalue weighted by Crippen LogP contribution is 2.26. The van der Waals surface area contributed by atoms with E-state index in [1.54, 1.807) is 18.2 Å². The quantitative estimate of drug-likeness (QED) is 0.720. The molecular formula is C18H26O4Si2. The summed E-state index contributed by atoms with van der Waals surface area (Å²) in [6.45, 7) is 8.65. The van der Waals surface area contributed by atoms with Gasteiger partial charge in [0.25, 0.3) is 0 Å². The fourth-order valence-electron chi connectivity index (χ4n) is 2.73. The molecule has 2 aromatic rings. The maximum absolute atomic E-state index is 9.97. The standard InChI is InChI=1S/C18H26O4Si2/c1-23(2,14-16-10-6-8-12-18(16)20)22-24(3,4)21-13-15-9-5-7-11-17(15)19/h5-12,19-20H,13-14H2,1-4H3. The summed E-state index contributed by atoms with van der Waals surface area (Å²) in [6, 6.07) is 15.3. The number of hydrogen-bond acceptors (Lipinski definition) is 4. The lowest BCUT2D eigenvalue weighted by Crippen LogP contribution is -2.48. The van der Waals surface area contributed by atoms with E-state index in [-0.39, 0.29) is 5.75 Å². The molecule has 2 N–H and O–H groups in total. The van der Waals surface area contributed by atoms with E-state index < -0.39 is 16.9 Å². The van der Waals surface area contributed by atoms with Crippen molar-refractivity contribution in [3.8, 4) is 11.5 Å². The first-order valence-corrected chi connectivity index (χ1v) is 14.0. The fourth-order valence-corrected chi connectivity index (χ4v) is 10.3. The molecule has 0 aromatic heterocycles. The predicted octanol–water partition coefficient (Wildman–Crippen LogP) is 4.32. The molecule has 0 aliphatic rings. The third-order valence-corrected chi connectivity index (χ3v) is 9.95. The minimum Gasteiger partial charge on any atom is -0.508 e. The van der Waals surface area contributed by atoms with Crippen molar-refractivity contribution in [2.75, 3.05) is 0 Å². The molecule has 0 spiro atoms. The monoisotopic (exact) mass is 362 g/mol. The molecule has 2 aromatic carbocycles. The number of rotatable bonds is 7. The lowest BCUT2D eigenvalue weighted by Gasteiger charge is -2.33. The van der Waals surface area contributed by atoms with E-state index in [0.29, 0.717) is 12.4 Å². The lowest BCUT2D eigenvalue weighted by molar-refractivity contribution is 0.231. The lowest BCUT2D eigenvalue weighted by atomic mass is 10.2. The maximum atomic E-state index is 9.97. The van der Waals surface area contributed by atoms with Crippen molar-refractivity contribution in [1.29, 1.82) is 0 Å². The first-order chi connectivity index (χ1) is 11.2. The van der Waals surface area contributed by atoms with Gasteiger partial charge in [0, 0.05) is 5.56 Å². The van der Waals surface area contributed by atoms with Crippen LogP contribution in [0.1, 0.15) is 11.1 Å². The Kier molecular flexibility index (Phi) is 5.87. The minimum atomic E-state index is -2.35. The van der Waals surface area contributed by atoms with Crippen LogP contribution in [0, 0.1) is 0 Å². The summed E-state index contributed by atoms with van der Waals surface area (Å²) in [6.07, 6.45) is 0. The van der Waals surface area contributed by atoms with Gasteiger partial charge in [-0.15, -0.1) is 0 Å². The zero-order valence-corrected chi connectivity index (χ0v) is 16.7. The second-order valence-corrected chi connectivity index (χ2v) is 14.8. The molecule has 0 saturated heterocycles. The zero-order chi connectivity index (χ0) is 17.8. The number of aromatic hydroxyl groups is 2. The zero-order valence-electron chi connectivity index (χ0n) is 14.7. The van der Waals surface area contributed by atoms with Crippen LogP contribution in [-0.2, 0) is 21.2 Å². The first-order valence-electron chi connectivity index (χ1n) is 8.06. The molecule has 0 aliphatic heterocycles. The van der Waals surface area contributed by atoms with Crippen LogP contribution >= 0.6 is 0 Å². The van der Waals surface area contributed by atoms with Gasteiger partial charge in [0.15, 0.2) is 8.32 Å². The number of para-hydroxylation sites is 2. The summed E-state index contributed by atoms with van der Waals surface area (Å²) in [4.78, 5) is 0. The van der Waals surface area contributed by atoms with Gasteiger partial charge in [0.2, 0.25) is 0 Å². The molecule has 0 heterocycles. The molecule has 0 amide bonds. The van der Waals surface area contributed by atoms with Crippen LogP contribution in [0.4, 0.5) is 0 Å². The summed E-state index contributed by atoms with van der Waals surface area (Å²) < 4.78 is 12.4. The van der Waals surface area contributed by atoms with Crippen LogP contribution in [-0.4, -0.2) is 27.1 Å². The Morgan fingerprint density at radius 1 is 0.792 bits per heavy atom. The van der Waals surface area contributed by atoms with Crippen molar-refractivity contribution < 1.29 is 18.8 Å². The topological polar surface area (TPSA) is 58.9 Å². The van der Waals surface area contributed by atoms with Gasteiger partial charge in [-0.25, -0.2) is 0 Å². The number of phenols is 2. The predicted molar refractivity (Wildman–Crippen MR) is 101 cm³/mol. The SMILES string of the molecule is C[Si](C)(Cc1ccccc1O)O[Si](C)(C)OCc1ccccc1O. The van der Waals surface area contributed by atoms with Crippen molar-refractivity contribution in [1.82, 2.24) is 0 Å². The van der Waals surface area contributed by atoms with Gasteiger partial charge >= 0.3 is 8.56 Å². The molecule has 0 saturated carbocycles. The summed E-state index contributed by atoms with van der Waals surface area (Å²) >= 11 is 0. The molecule has 0 radical (unpaired) electrons. The van der Waals surface area contributed by atoms with Gasteiger partial charge in [-0.1, -0.05) is 36.4 Å². The smallest absolute Gasteiger partial charge is 0.321 e. The number of hydrogen-bond donors (Lipinski definition) is 2. The van der Waals surface area contributed by atoms with Crippen LogP contribution in [0.2, 0.25) is 26.2 Å². The third-order valence-electron chi connectivity index (χ3n) is 3.70. The Hall–Kier alpha value is -1.61. The van der Waals surface area contributed by atoms with Crippen LogP contribution in [0.15, 0.2) is 48.5 Å². The van der Waals surface area contributed by atoms with Crippen molar-refractivity contribution in [3.63, 3.8) is 0 Å². The molecule has 0 aliphatic carbocycles. The third kappa shape index (κ3) is 5.49. The van der Waals surface area contributed by atoms with E-state index in [4.69, 9.17) is 8.54 Å². The largest absolute Gasteiger partial charge is 0.508 e. The molecular weight excluding hydrogens is 336 g/mol. The molecule has 4 nitrogen and oxygen atoms in total. The normalized spacial score (nSPS) is 12.3. The second-order valence-electron chi connectivity index (χ2n) is 6.98. The van der Waals surface area contributed by atoms with Gasteiger partial charge in [-0.2, -0.15) is 0 Å². The average Bonchev–Trinajstić information content (AvgIpc) is 2.47. The Balaban J connectivity index is 1.99. The van der Waals surface area contributed by atoms with E-state index in [9.17, 15) is 10.2 Å². The molecule has 0 atom stereocenters. The van der Waals surface area contributed by atoms with Crippen LogP contribution in [0.5, 0.6) is 11.5 Å². The molecule has 0 fully saturated rings. The average molecular weight is 363 g/mol. The summed E-state index contributed by atoms with van der Waals surface area (Å²) in [5, 5.41) is 19.8. The van der Waals surface area contributed by atoms with E-state index in [1.165, 1.54) is 0 Å². The van der Waals surface area contributed by atoms with Crippen molar-refractivity contribution in [2.45, 2.75) is 38.8 Å². The Bertz CT molecular complexity index is 686. The van der Waals surface area contributed by atoms with E-state index in [2.05, 4.69) is 13.1 Å². The van der Waals surface area contributed by atoms with Crippen molar-refractivity contribution in [3.05, 3.63) is 59.7 Å². The fraction of sp³-hybridized carbons (Fsp3) is 0.333. The maximum Gasteiger partial charge on any atom is 0.321 e. The van der Waals surface area contributed by atoms with Gasteiger partial charge in [-0.05, 0) is 49.9 Å². The summed E-state index contributed by atoms with van der Waals surface area (Å²) in [5.74, 6) is 0.560. The molecule has 0 bridgehead atoms. The highest BCUT2D eigenvalue weighted by atomic mass is 28.4. The number of benzene rings is 2. The molecule has 6 heteroatoms. The molecule has 130 valence electrons. The van der Waals surface area contributed by atoms with Crippen molar-refractivity contribution in [2.24, 2.45) is 0 Å². The molecule has 24 heavy (non-hydrogen) atoms. The van der Waals surface area contributed by atoms with Crippen LogP contribution < -0.4 is 0 Å². The highest BCUT2D eigenvalue weighted by Gasteiger charge is 2.35. The Morgan fingerprint density at radius 3 is 1.83 bits per heavy atom. The Morgan fingerprint density at radius 2 is 1.29 bits per heavy atom. The number of phenolic OH excluding ortho intramolecular Hbond substituents is 2. The minimum absolute atomic E-state index is 0.244. The van der Waals surface area contributed by atoms with Crippen LogP contribution in [0.25, 0.3) is 0 Å².